The fourth-order valence-electron chi connectivity index (χ4n) is 10.5. The molecule has 65 heavy (non-hydrogen) atoms. The normalized spacial score (nSPS) is 35.9. The fraction of sp³-hybridized carbons (Fsp3) is 0.791. The number of fused-ring (bicyclic) bond motifs is 3. The van der Waals surface area contributed by atoms with Crippen molar-refractivity contribution in [3.63, 3.8) is 0 Å². The Morgan fingerprint density at radius 1 is 0.692 bits per heavy atom. The Kier molecular flexibility index (Phi) is 18.9. The summed E-state index contributed by atoms with van der Waals surface area (Å²) >= 11 is 0. The minimum absolute atomic E-state index is 0.117. The Morgan fingerprint density at radius 2 is 1.25 bits per heavy atom. The number of carbonyl (C=O) groups excluding carboxylic acids is 1. The van der Waals surface area contributed by atoms with E-state index in [1.807, 2.05) is 0 Å². The van der Waals surface area contributed by atoms with Crippen LogP contribution in [0, 0.1) is 28.1 Å². The molecule has 0 aromatic heterocycles. The smallest absolute Gasteiger partial charge is 0.314 e. The first-order valence-electron chi connectivity index (χ1n) is 21.8. The van der Waals surface area contributed by atoms with E-state index < -0.39 is 164 Å². The Hall–Kier alpha value is -3.33. The van der Waals surface area contributed by atoms with Crippen molar-refractivity contribution in [1.82, 2.24) is 0 Å². The highest BCUT2D eigenvalue weighted by atomic mass is 16.7. The van der Waals surface area contributed by atoms with E-state index in [2.05, 4.69) is 20.4 Å². The Balaban J connectivity index is 1.67. The third-order valence-electron chi connectivity index (χ3n) is 13.9. The van der Waals surface area contributed by atoms with E-state index in [1.165, 1.54) is 0 Å². The maximum atomic E-state index is 13.9. The second-order valence-corrected chi connectivity index (χ2v) is 18.4. The summed E-state index contributed by atoms with van der Waals surface area (Å²) in [7, 11) is 0. The minimum atomic E-state index is -2.60. The van der Waals surface area contributed by atoms with Crippen LogP contribution in [0.25, 0.3) is 0 Å². The minimum Gasteiger partial charge on any atom is -0.506 e. The molecule has 4 rings (SSSR count). The quantitative estimate of drug-likeness (QED) is 0.0314. The molecule has 0 radical (unpaired) electrons. The first-order chi connectivity index (χ1) is 30.4. The van der Waals surface area contributed by atoms with Gasteiger partial charge in [0.05, 0.1) is 18.1 Å². The predicted octanol–water partition coefficient (Wildman–Crippen LogP) is -0.592. The van der Waals surface area contributed by atoms with Gasteiger partial charge in [0, 0.05) is 39.1 Å². The molecule has 1 heterocycles. The van der Waals surface area contributed by atoms with Gasteiger partial charge in [-0.25, -0.2) is 0 Å². The number of hydrogen-bond donors (Lipinski definition) is 16. The van der Waals surface area contributed by atoms with E-state index >= 15 is 0 Å². The van der Waals surface area contributed by atoms with Crippen LogP contribution in [0.2, 0.25) is 0 Å². The number of aliphatic hydroxyl groups excluding tert-OH is 16. The van der Waals surface area contributed by atoms with Gasteiger partial charge in [-0.3, -0.25) is 4.79 Å². The number of hydrogen-bond acceptors (Lipinski definition) is 22. The molecule has 1 aliphatic heterocycles. The summed E-state index contributed by atoms with van der Waals surface area (Å²) in [6.07, 6.45) is -18.7. The van der Waals surface area contributed by atoms with Gasteiger partial charge in [0.25, 0.3) is 12.6 Å². The zero-order chi connectivity index (χ0) is 48.8. The summed E-state index contributed by atoms with van der Waals surface area (Å²) in [5.74, 6) is -7.92. The number of carbonyl (C=O) groups is 1. The maximum Gasteiger partial charge on any atom is 0.314 e. The summed E-state index contributed by atoms with van der Waals surface area (Å²) in [4.78, 5) is 13.9. The van der Waals surface area contributed by atoms with Crippen LogP contribution in [0.15, 0.2) is 46.7 Å². The Bertz CT molecular complexity index is 1720. The molecule has 22 nitrogen and oxygen atoms in total. The second-order valence-electron chi connectivity index (χ2n) is 18.4. The fourth-order valence-corrected chi connectivity index (χ4v) is 10.5. The zero-order valence-electron chi connectivity index (χ0n) is 36.9. The van der Waals surface area contributed by atoms with Crippen molar-refractivity contribution in [2.24, 2.45) is 28.1 Å². The molecule has 0 aromatic carbocycles. The summed E-state index contributed by atoms with van der Waals surface area (Å²) < 4.78 is 28.0. The van der Waals surface area contributed by atoms with Crippen molar-refractivity contribution in [3.05, 3.63) is 46.7 Å². The van der Waals surface area contributed by atoms with Gasteiger partial charge < -0.3 is 105 Å². The van der Waals surface area contributed by atoms with E-state index in [9.17, 15) is 76.3 Å². The molecule has 12 unspecified atom stereocenters. The average molecular weight is 939 g/mol. The zero-order valence-corrected chi connectivity index (χ0v) is 36.9. The van der Waals surface area contributed by atoms with Gasteiger partial charge in [0.2, 0.25) is 24.1 Å². The largest absolute Gasteiger partial charge is 0.506 e. The van der Waals surface area contributed by atoms with Gasteiger partial charge in [-0.05, 0) is 80.1 Å². The molecule has 22 heteroatoms. The molecular formula is C43H70O22. The molecule has 0 spiro atoms. The van der Waals surface area contributed by atoms with Crippen molar-refractivity contribution in [2.75, 3.05) is 26.4 Å². The van der Waals surface area contributed by atoms with Crippen LogP contribution in [-0.4, -0.2) is 182 Å². The summed E-state index contributed by atoms with van der Waals surface area (Å²) in [5, 5.41) is 165. The standard InChI is InChI=1S/C43H70O22/c1-20-18-41(2)14-8-27-42(3,12-5-13-43(27,4)40(60)65-37(58)32(55)29(52)22(48)10-16-45)26(41)7-6-25(20)62-38(59)35(64-39-33(56)30(53)24(50)19-61-39)34(23(49)11-17-46)63-36(57)31(54)28(51)21(47)9-15-44/h21-27,30,33,36-39,44-59H,1,5-19H2,2-4H3/b31-28+,32-29-,35-34-/t21?,22?,23?,24?,25?,26-,27?,30?,33?,36?,37?,38?,39?,41-,42+,43-/m1/s1. The lowest BCUT2D eigenvalue weighted by Gasteiger charge is -2.62. The molecule has 3 saturated carbocycles. The highest BCUT2D eigenvalue weighted by Gasteiger charge is 2.62. The van der Waals surface area contributed by atoms with Gasteiger partial charge in [-0.15, -0.1) is 0 Å². The molecule has 16 N–H and O–H groups in total. The highest BCUT2D eigenvalue weighted by molar-refractivity contribution is 5.77. The number of ether oxygens (including phenoxy) is 5. The average Bonchev–Trinajstić information content (AvgIpc) is 3.38. The van der Waals surface area contributed by atoms with E-state index in [0.29, 0.717) is 50.5 Å². The molecule has 0 bridgehead atoms. The SMILES string of the molecule is C=C1C[C@@]2(C)CCC3[C@](C)(C(=O)OC(O)/C(O)=C(/O)C(O)CCO)CCC[C@@]3(C)[C@@H]2CCC1OC(O)/C(OC1OCC(O)C(O)C1O)=C(/OC(O)/C(O)=C(\O)C(O)CCO)C(O)CCO. The molecule has 4 fully saturated rings. The van der Waals surface area contributed by atoms with Crippen LogP contribution >= 0.6 is 0 Å². The van der Waals surface area contributed by atoms with Crippen LogP contribution in [0.5, 0.6) is 0 Å². The molecule has 3 aliphatic carbocycles. The van der Waals surface area contributed by atoms with Gasteiger partial charge in [0.15, 0.2) is 23.0 Å². The van der Waals surface area contributed by atoms with Crippen LogP contribution < -0.4 is 0 Å². The van der Waals surface area contributed by atoms with Gasteiger partial charge in [0.1, 0.15) is 36.6 Å². The van der Waals surface area contributed by atoms with Crippen molar-refractivity contribution in [1.29, 1.82) is 0 Å². The number of rotatable bonds is 20. The predicted molar refractivity (Wildman–Crippen MR) is 221 cm³/mol. The van der Waals surface area contributed by atoms with Crippen LogP contribution in [-0.2, 0) is 28.5 Å². The third kappa shape index (κ3) is 11.9. The monoisotopic (exact) mass is 938 g/mol. The van der Waals surface area contributed by atoms with Crippen molar-refractivity contribution < 1.29 is 110 Å². The Labute approximate surface area is 376 Å². The molecule has 0 aromatic rings. The van der Waals surface area contributed by atoms with Crippen LogP contribution in [0.3, 0.4) is 0 Å². The van der Waals surface area contributed by atoms with Crippen molar-refractivity contribution in [2.45, 2.75) is 159 Å². The Morgan fingerprint density at radius 3 is 1.82 bits per heavy atom. The highest BCUT2D eigenvalue weighted by Crippen LogP contribution is 2.67. The third-order valence-corrected chi connectivity index (χ3v) is 13.9. The van der Waals surface area contributed by atoms with Gasteiger partial charge in [-0.2, -0.15) is 0 Å². The summed E-state index contributed by atoms with van der Waals surface area (Å²) in [6, 6.07) is 0. The van der Waals surface area contributed by atoms with Crippen LogP contribution in [0.4, 0.5) is 0 Å². The molecule has 16 atom stereocenters. The first kappa shape index (κ1) is 54.3. The molecule has 1 saturated heterocycles. The van der Waals surface area contributed by atoms with Crippen molar-refractivity contribution in [3.8, 4) is 0 Å². The van der Waals surface area contributed by atoms with Crippen LogP contribution in [0.1, 0.15) is 91.4 Å². The number of esters is 1. The maximum absolute atomic E-state index is 13.9. The van der Waals surface area contributed by atoms with Crippen molar-refractivity contribution >= 4 is 5.97 Å². The first-order valence-corrected chi connectivity index (χ1v) is 21.8. The topological polar surface area (TPSA) is 387 Å². The lowest BCUT2D eigenvalue weighted by Crippen LogP contribution is -2.57. The van der Waals surface area contributed by atoms with E-state index in [0.717, 1.165) is 0 Å². The van der Waals surface area contributed by atoms with Gasteiger partial charge in [-0.1, -0.05) is 26.8 Å². The van der Waals surface area contributed by atoms with E-state index in [1.54, 1.807) is 6.92 Å². The number of aliphatic hydroxyl groups is 16. The molecule has 0 amide bonds. The second kappa shape index (κ2) is 22.6. The lowest BCUT2D eigenvalue weighted by atomic mass is 9.42. The van der Waals surface area contributed by atoms with E-state index in [4.69, 9.17) is 33.9 Å². The summed E-state index contributed by atoms with van der Waals surface area (Å²) in [5.41, 5.74) is -1.65. The molecular weight excluding hydrogens is 868 g/mol. The molecule has 374 valence electrons. The lowest BCUT2D eigenvalue weighted by molar-refractivity contribution is -0.271. The molecule has 4 aliphatic rings. The van der Waals surface area contributed by atoms with E-state index in [-0.39, 0.29) is 24.7 Å². The summed E-state index contributed by atoms with van der Waals surface area (Å²) in [6.45, 7) is 7.70. The van der Waals surface area contributed by atoms with Gasteiger partial charge >= 0.3 is 5.97 Å².